The van der Waals surface area contributed by atoms with Crippen molar-refractivity contribution in [2.75, 3.05) is 0 Å². The van der Waals surface area contributed by atoms with E-state index in [1.807, 2.05) is 37.3 Å². The van der Waals surface area contributed by atoms with Gasteiger partial charge in [-0.2, -0.15) is 0 Å². The monoisotopic (exact) mass is 415 g/mol. The second kappa shape index (κ2) is 8.36. The van der Waals surface area contributed by atoms with Crippen molar-refractivity contribution < 1.29 is 4.74 Å². The van der Waals surface area contributed by atoms with E-state index in [-0.39, 0.29) is 5.41 Å². The van der Waals surface area contributed by atoms with Gasteiger partial charge in [0.25, 0.3) is 0 Å². The normalized spacial score (nSPS) is 11.5. The molecular formula is C25H25N3OS. The highest BCUT2D eigenvalue weighted by Gasteiger charge is 2.22. The first kappa shape index (κ1) is 20.2. The highest BCUT2D eigenvalue weighted by atomic mass is 32.1. The minimum atomic E-state index is -0.0675. The lowest BCUT2D eigenvalue weighted by molar-refractivity contribution is 0.301. The fourth-order valence-electron chi connectivity index (χ4n) is 3.34. The average Bonchev–Trinajstić information content (AvgIpc) is 3.19. The molecule has 4 rings (SSSR count). The van der Waals surface area contributed by atoms with Crippen molar-refractivity contribution in [1.82, 2.24) is 15.2 Å². The van der Waals surface area contributed by atoms with E-state index < -0.39 is 0 Å². The van der Waals surface area contributed by atoms with Gasteiger partial charge in [0.2, 0.25) is 0 Å². The molecule has 0 aliphatic rings. The molecule has 0 saturated carbocycles. The fourth-order valence-corrected chi connectivity index (χ4v) is 4.00. The summed E-state index contributed by atoms with van der Waals surface area (Å²) >= 11 is 1.54. The number of aromatic nitrogens is 3. The zero-order valence-corrected chi connectivity index (χ0v) is 18.5. The lowest BCUT2D eigenvalue weighted by Gasteiger charge is -2.26. The molecule has 0 unspecified atom stereocenters. The molecule has 0 fully saturated rings. The molecule has 2 aromatic carbocycles. The number of hydrogen-bond donors (Lipinski definition) is 0. The molecule has 0 N–H and O–H groups in total. The van der Waals surface area contributed by atoms with Crippen molar-refractivity contribution in [1.29, 1.82) is 0 Å². The Morgan fingerprint density at radius 3 is 2.13 bits per heavy atom. The SMILES string of the molecule is Cc1ccc(C(C)(C)c2ccc(OCc3cccc(-c4nnc(C)s4)n3)cc2)cc1. The van der Waals surface area contributed by atoms with Crippen molar-refractivity contribution in [3.8, 4) is 16.5 Å². The second-order valence-corrected chi connectivity index (χ2v) is 9.13. The molecule has 0 aliphatic heterocycles. The third kappa shape index (κ3) is 4.41. The van der Waals surface area contributed by atoms with Crippen LogP contribution in [0.5, 0.6) is 5.75 Å². The average molecular weight is 416 g/mol. The predicted molar refractivity (Wildman–Crippen MR) is 122 cm³/mol. The zero-order valence-electron chi connectivity index (χ0n) is 17.7. The van der Waals surface area contributed by atoms with Crippen LogP contribution in [0.3, 0.4) is 0 Å². The maximum absolute atomic E-state index is 5.98. The Morgan fingerprint density at radius 2 is 1.50 bits per heavy atom. The Kier molecular flexibility index (Phi) is 5.64. The first-order valence-corrected chi connectivity index (χ1v) is 10.8. The van der Waals surface area contributed by atoms with Gasteiger partial charge in [0, 0.05) is 5.41 Å². The molecule has 30 heavy (non-hydrogen) atoms. The van der Waals surface area contributed by atoms with E-state index in [9.17, 15) is 0 Å². The van der Waals surface area contributed by atoms with Crippen LogP contribution in [0.25, 0.3) is 10.7 Å². The van der Waals surface area contributed by atoms with E-state index in [0.717, 1.165) is 27.2 Å². The van der Waals surface area contributed by atoms with E-state index >= 15 is 0 Å². The van der Waals surface area contributed by atoms with Crippen molar-refractivity contribution in [3.63, 3.8) is 0 Å². The summed E-state index contributed by atoms with van der Waals surface area (Å²) in [5.74, 6) is 0.831. The van der Waals surface area contributed by atoms with Gasteiger partial charge in [-0.1, -0.05) is 73.2 Å². The summed E-state index contributed by atoms with van der Waals surface area (Å²) in [4.78, 5) is 4.66. The number of pyridine rings is 1. The van der Waals surface area contributed by atoms with Crippen LogP contribution in [0.4, 0.5) is 0 Å². The molecule has 0 aliphatic carbocycles. The maximum Gasteiger partial charge on any atom is 0.166 e. The summed E-state index contributed by atoms with van der Waals surface area (Å²) in [7, 11) is 0. The molecule has 4 aromatic rings. The van der Waals surface area contributed by atoms with Crippen molar-refractivity contribution in [2.24, 2.45) is 0 Å². The second-order valence-electron chi connectivity index (χ2n) is 7.94. The van der Waals surface area contributed by atoms with E-state index in [4.69, 9.17) is 4.74 Å². The van der Waals surface area contributed by atoms with Crippen molar-refractivity contribution in [3.05, 3.63) is 94.1 Å². The lowest BCUT2D eigenvalue weighted by atomic mass is 9.78. The van der Waals surface area contributed by atoms with Gasteiger partial charge in [0.15, 0.2) is 5.01 Å². The molecule has 4 nitrogen and oxygen atoms in total. The molecule has 0 bridgehead atoms. The van der Waals surface area contributed by atoms with Crippen LogP contribution in [-0.4, -0.2) is 15.2 Å². The molecule has 2 aromatic heterocycles. The van der Waals surface area contributed by atoms with Gasteiger partial charge in [-0.15, -0.1) is 10.2 Å². The largest absolute Gasteiger partial charge is 0.487 e. The van der Waals surface area contributed by atoms with Gasteiger partial charge in [-0.25, -0.2) is 4.98 Å². The lowest BCUT2D eigenvalue weighted by Crippen LogP contribution is -2.18. The van der Waals surface area contributed by atoms with Gasteiger partial charge in [-0.3, -0.25) is 0 Å². The number of ether oxygens (including phenoxy) is 1. The van der Waals surface area contributed by atoms with Crippen LogP contribution in [0.1, 0.15) is 41.2 Å². The Balaban J connectivity index is 1.45. The zero-order chi connectivity index (χ0) is 21.1. The Hall–Kier alpha value is -3.05. The van der Waals surface area contributed by atoms with Crippen molar-refractivity contribution >= 4 is 11.3 Å². The van der Waals surface area contributed by atoms with E-state index in [0.29, 0.717) is 6.61 Å². The standard InChI is InChI=1S/C25H25N3OS/c1-17-8-10-19(11-9-17)25(3,4)20-12-14-22(15-13-20)29-16-21-6-5-7-23(26-21)24-28-27-18(2)30-24/h5-15H,16H2,1-4H3. The van der Waals surface area contributed by atoms with Gasteiger partial charge in [-0.05, 0) is 49.2 Å². The quantitative estimate of drug-likeness (QED) is 0.380. The van der Waals surface area contributed by atoms with Gasteiger partial charge in [0.1, 0.15) is 23.1 Å². The molecule has 0 atom stereocenters. The fraction of sp³-hybridized carbons (Fsp3) is 0.240. The molecule has 152 valence electrons. The number of hydrogen-bond acceptors (Lipinski definition) is 5. The summed E-state index contributed by atoms with van der Waals surface area (Å²) in [6, 6.07) is 23.0. The summed E-state index contributed by atoms with van der Waals surface area (Å²) in [5.41, 5.74) is 5.46. The van der Waals surface area contributed by atoms with Crippen LogP contribution in [0, 0.1) is 13.8 Å². The van der Waals surface area contributed by atoms with Gasteiger partial charge < -0.3 is 4.74 Å². The topological polar surface area (TPSA) is 47.9 Å². The number of aryl methyl sites for hydroxylation is 2. The van der Waals surface area contributed by atoms with E-state index in [2.05, 4.69) is 72.4 Å². The Labute approximate surface area is 181 Å². The molecule has 5 heteroatoms. The number of nitrogens with zero attached hydrogens (tertiary/aromatic N) is 3. The smallest absolute Gasteiger partial charge is 0.166 e. The first-order chi connectivity index (χ1) is 14.4. The number of benzene rings is 2. The summed E-state index contributed by atoms with van der Waals surface area (Å²) < 4.78 is 5.98. The molecule has 2 heterocycles. The Bertz CT molecular complexity index is 1130. The number of rotatable bonds is 6. The molecule has 0 radical (unpaired) electrons. The van der Waals surface area contributed by atoms with Gasteiger partial charge >= 0.3 is 0 Å². The first-order valence-electron chi connectivity index (χ1n) is 9.99. The van der Waals surface area contributed by atoms with Crippen LogP contribution >= 0.6 is 11.3 Å². The van der Waals surface area contributed by atoms with E-state index in [1.54, 1.807) is 11.3 Å². The van der Waals surface area contributed by atoms with Crippen molar-refractivity contribution in [2.45, 2.75) is 39.7 Å². The molecule has 0 amide bonds. The minimum Gasteiger partial charge on any atom is -0.487 e. The highest BCUT2D eigenvalue weighted by molar-refractivity contribution is 7.14. The van der Waals surface area contributed by atoms with Crippen LogP contribution in [-0.2, 0) is 12.0 Å². The third-order valence-corrected chi connectivity index (χ3v) is 6.15. The van der Waals surface area contributed by atoms with Crippen LogP contribution < -0.4 is 4.74 Å². The molecular weight excluding hydrogens is 390 g/mol. The van der Waals surface area contributed by atoms with E-state index in [1.165, 1.54) is 16.7 Å². The van der Waals surface area contributed by atoms with Crippen LogP contribution in [0.2, 0.25) is 0 Å². The van der Waals surface area contributed by atoms with Crippen LogP contribution in [0.15, 0.2) is 66.7 Å². The Morgan fingerprint density at radius 1 is 0.833 bits per heavy atom. The summed E-state index contributed by atoms with van der Waals surface area (Å²) in [6.07, 6.45) is 0. The highest BCUT2D eigenvalue weighted by Crippen LogP contribution is 2.32. The predicted octanol–water partition coefficient (Wildman–Crippen LogP) is 6.12. The minimum absolute atomic E-state index is 0.0675. The summed E-state index contributed by atoms with van der Waals surface area (Å²) in [6.45, 7) is 8.96. The molecule has 0 spiro atoms. The van der Waals surface area contributed by atoms with Gasteiger partial charge in [0.05, 0.1) is 5.69 Å². The summed E-state index contributed by atoms with van der Waals surface area (Å²) in [5, 5.41) is 10.0. The maximum atomic E-state index is 5.98. The molecule has 0 saturated heterocycles. The third-order valence-electron chi connectivity index (χ3n) is 5.29.